The maximum Gasteiger partial charge on any atom is 0.153 e. The number of aliphatic hydroxyl groups is 1. The first-order valence-electron chi connectivity index (χ1n) is 5.45. The fourth-order valence-electron chi connectivity index (χ4n) is 1.37. The fraction of sp³-hybridized carbons (Fsp3) is 1.00. The number of hydrogen-bond donors (Lipinski definition) is 2. The molecule has 5 heteroatoms. The van der Waals surface area contributed by atoms with Crippen LogP contribution in [0.2, 0.25) is 0 Å². The Morgan fingerprint density at radius 2 is 2.00 bits per heavy atom. The molecule has 0 aliphatic heterocycles. The molecule has 0 saturated heterocycles. The lowest BCUT2D eigenvalue weighted by Gasteiger charge is -2.13. The largest absolute Gasteiger partial charge is 0.396 e. The van der Waals surface area contributed by atoms with Crippen molar-refractivity contribution in [1.29, 1.82) is 0 Å². The highest BCUT2D eigenvalue weighted by molar-refractivity contribution is 7.92. The minimum Gasteiger partial charge on any atom is -0.396 e. The van der Waals surface area contributed by atoms with Gasteiger partial charge in [0, 0.05) is 25.1 Å². The molecule has 0 aromatic carbocycles. The molecule has 0 unspecified atom stereocenters. The van der Waals surface area contributed by atoms with Crippen LogP contribution in [0.25, 0.3) is 0 Å². The lowest BCUT2D eigenvalue weighted by molar-refractivity contribution is 0.208. The van der Waals surface area contributed by atoms with Crippen LogP contribution < -0.4 is 5.32 Å². The van der Waals surface area contributed by atoms with Gasteiger partial charge in [-0.1, -0.05) is 0 Å². The predicted molar refractivity (Wildman–Crippen MR) is 60.5 cm³/mol. The third kappa shape index (κ3) is 3.74. The zero-order chi connectivity index (χ0) is 11.5. The molecular weight excluding hydrogens is 214 g/mol. The molecule has 15 heavy (non-hydrogen) atoms. The Bertz CT molecular complexity index is 294. The summed E-state index contributed by atoms with van der Waals surface area (Å²) < 4.78 is 22.9. The van der Waals surface area contributed by atoms with Crippen molar-refractivity contribution in [1.82, 2.24) is 5.32 Å². The second-order valence-electron chi connectivity index (χ2n) is 4.75. The highest BCUT2D eigenvalue weighted by Gasteiger charge is 2.41. The van der Waals surface area contributed by atoms with Gasteiger partial charge in [-0.25, -0.2) is 8.42 Å². The molecule has 1 fully saturated rings. The van der Waals surface area contributed by atoms with Gasteiger partial charge in [-0.15, -0.1) is 0 Å². The van der Waals surface area contributed by atoms with Crippen molar-refractivity contribution in [2.24, 2.45) is 5.41 Å². The van der Waals surface area contributed by atoms with Gasteiger partial charge in [-0.2, -0.15) is 0 Å². The summed E-state index contributed by atoms with van der Waals surface area (Å²) in [5, 5.41) is 11.9. The molecule has 0 amide bonds. The highest BCUT2D eigenvalue weighted by atomic mass is 32.2. The monoisotopic (exact) mass is 235 g/mol. The van der Waals surface area contributed by atoms with Crippen LogP contribution in [0, 0.1) is 5.41 Å². The van der Waals surface area contributed by atoms with Gasteiger partial charge in [0.2, 0.25) is 0 Å². The molecule has 1 saturated carbocycles. The van der Waals surface area contributed by atoms with Crippen molar-refractivity contribution in [3.8, 4) is 0 Å². The summed E-state index contributed by atoms with van der Waals surface area (Å²) in [5.41, 5.74) is 0.0571. The van der Waals surface area contributed by atoms with E-state index < -0.39 is 9.84 Å². The van der Waals surface area contributed by atoms with Crippen LogP contribution in [0.1, 0.15) is 26.7 Å². The Morgan fingerprint density at radius 3 is 2.40 bits per heavy atom. The van der Waals surface area contributed by atoms with E-state index >= 15 is 0 Å². The molecule has 0 atom stereocenters. The second kappa shape index (κ2) is 4.80. The molecule has 2 N–H and O–H groups in total. The topological polar surface area (TPSA) is 66.4 Å². The first-order chi connectivity index (χ1) is 6.92. The van der Waals surface area contributed by atoms with Gasteiger partial charge < -0.3 is 10.4 Å². The van der Waals surface area contributed by atoms with Gasteiger partial charge in [0.05, 0.1) is 11.0 Å². The average molecular weight is 235 g/mol. The van der Waals surface area contributed by atoms with Crippen molar-refractivity contribution >= 4 is 9.84 Å². The molecule has 0 aromatic rings. The van der Waals surface area contributed by atoms with Gasteiger partial charge in [0.15, 0.2) is 9.84 Å². The summed E-state index contributed by atoms with van der Waals surface area (Å²) in [6, 6.07) is 0. The maximum atomic E-state index is 11.5. The minimum absolute atomic E-state index is 0.0571. The van der Waals surface area contributed by atoms with Crippen molar-refractivity contribution in [2.45, 2.75) is 31.9 Å². The second-order valence-corrected chi connectivity index (χ2v) is 7.43. The van der Waals surface area contributed by atoms with E-state index in [0.29, 0.717) is 6.54 Å². The Kier molecular flexibility index (Phi) is 4.14. The van der Waals surface area contributed by atoms with Crippen LogP contribution in [-0.2, 0) is 9.84 Å². The average Bonchev–Trinajstić information content (AvgIpc) is 2.93. The number of hydrogen-bond acceptors (Lipinski definition) is 4. The van der Waals surface area contributed by atoms with E-state index in [4.69, 9.17) is 5.11 Å². The van der Waals surface area contributed by atoms with E-state index in [-0.39, 0.29) is 23.0 Å². The van der Waals surface area contributed by atoms with Crippen LogP contribution in [0.5, 0.6) is 0 Å². The molecule has 0 aromatic heterocycles. The van der Waals surface area contributed by atoms with E-state index in [2.05, 4.69) is 5.32 Å². The summed E-state index contributed by atoms with van der Waals surface area (Å²) >= 11 is 0. The van der Waals surface area contributed by atoms with Gasteiger partial charge in [0.25, 0.3) is 0 Å². The van der Waals surface area contributed by atoms with Crippen LogP contribution in [-0.4, -0.2) is 44.2 Å². The van der Waals surface area contributed by atoms with Crippen molar-refractivity contribution in [2.75, 3.05) is 25.4 Å². The highest BCUT2D eigenvalue weighted by Crippen LogP contribution is 2.44. The van der Waals surface area contributed by atoms with E-state index in [1.807, 2.05) is 0 Å². The maximum absolute atomic E-state index is 11.5. The Labute approximate surface area is 92.0 Å². The fourth-order valence-corrected chi connectivity index (χ4v) is 2.27. The molecule has 90 valence electrons. The van der Waals surface area contributed by atoms with E-state index in [9.17, 15) is 8.42 Å². The molecule has 0 heterocycles. The SMILES string of the molecule is CC(C)S(=O)(=O)CCNCC1(CO)CC1. The standard InChI is InChI=1S/C10H21NO3S/c1-9(2)15(13,14)6-5-11-7-10(8-12)3-4-10/h9,11-12H,3-8H2,1-2H3. The van der Waals surface area contributed by atoms with E-state index in [0.717, 1.165) is 19.4 Å². The Balaban J connectivity index is 2.17. The zero-order valence-corrected chi connectivity index (χ0v) is 10.3. The molecule has 1 aliphatic carbocycles. The summed E-state index contributed by atoms with van der Waals surface area (Å²) in [7, 11) is -2.93. The third-order valence-electron chi connectivity index (χ3n) is 3.07. The molecule has 0 radical (unpaired) electrons. The van der Waals surface area contributed by atoms with Gasteiger partial charge in [-0.05, 0) is 26.7 Å². The van der Waals surface area contributed by atoms with E-state index in [1.165, 1.54) is 0 Å². The lowest BCUT2D eigenvalue weighted by atomic mass is 10.1. The van der Waals surface area contributed by atoms with Crippen molar-refractivity contribution in [3.05, 3.63) is 0 Å². The summed E-state index contributed by atoms with van der Waals surface area (Å²) in [4.78, 5) is 0. The first kappa shape index (κ1) is 12.9. The van der Waals surface area contributed by atoms with Crippen LogP contribution in [0.15, 0.2) is 0 Å². The van der Waals surface area contributed by atoms with Gasteiger partial charge >= 0.3 is 0 Å². The number of sulfone groups is 1. The van der Waals surface area contributed by atoms with Crippen LogP contribution in [0.3, 0.4) is 0 Å². The summed E-state index contributed by atoms with van der Waals surface area (Å²) in [6.07, 6.45) is 2.10. The Hall–Kier alpha value is -0.130. The normalized spacial score (nSPS) is 19.5. The summed E-state index contributed by atoms with van der Waals surface area (Å²) in [5.74, 6) is 0.187. The first-order valence-corrected chi connectivity index (χ1v) is 7.17. The quantitative estimate of drug-likeness (QED) is 0.617. The number of aliphatic hydroxyl groups excluding tert-OH is 1. The molecule has 0 spiro atoms. The molecule has 1 rings (SSSR count). The van der Waals surface area contributed by atoms with Gasteiger partial charge in [0.1, 0.15) is 0 Å². The van der Waals surface area contributed by atoms with E-state index in [1.54, 1.807) is 13.8 Å². The van der Waals surface area contributed by atoms with Gasteiger partial charge in [-0.3, -0.25) is 0 Å². The summed E-state index contributed by atoms with van der Waals surface area (Å²) in [6.45, 7) is 4.83. The Morgan fingerprint density at radius 1 is 1.40 bits per heavy atom. The van der Waals surface area contributed by atoms with Crippen molar-refractivity contribution in [3.63, 3.8) is 0 Å². The number of rotatable bonds is 7. The molecule has 1 aliphatic rings. The molecular formula is C10H21NO3S. The smallest absolute Gasteiger partial charge is 0.153 e. The third-order valence-corrected chi connectivity index (χ3v) is 5.28. The minimum atomic E-state index is -2.93. The van der Waals surface area contributed by atoms with Crippen LogP contribution >= 0.6 is 0 Å². The number of nitrogens with one attached hydrogen (secondary N) is 1. The molecule has 4 nitrogen and oxygen atoms in total. The van der Waals surface area contributed by atoms with Crippen LogP contribution in [0.4, 0.5) is 0 Å². The lowest BCUT2D eigenvalue weighted by Crippen LogP contribution is -2.32. The zero-order valence-electron chi connectivity index (χ0n) is 9.49. The molecule has 0 bridgehead atoms. The predicted octanol–water partition coefficient (Wildman–Crippen LogP) is 0.172. The van der Waals surface area contributed by atoms with Crippen molar-refractivity contribution < 1.29 is 13.5 Å².